The molecule has 1 amide bonds. The molecule has 0 saturated carbocycles. The summed E-state index contributed by atoms with van der Waals surface area (Å²) >= 11 is 0. The number of amides is 1. The van der Waals surface area contributed by atoms with Crippen LogP contribution < -0.4 is 15.4 Å². The van der Waals surface area contributed by atoms with Gasteiger partial charge in [-0.15, -0.1) is 0 Å². The number of para-hydroxylation sites is 2. The smallest absolute Gasteiger partial charge is 0.229 e. The molecule has 6 nitrogen and oxygen atoms in total. The second kappa shape index (κ2) is 8.98. The van der Waals surface area contributed by atoms with Crippen LogP contribution in [0.1, 0.15) is 43.8 Å². The van der Waals surface area contributed by atoms with Crippen molar-refractivity contribution in [3.63, 3.8) is 0 Å². The molecule has 0 radical (unpaired) electrons. The van der Waals surface area contributed by atoms with Gasteiger partial charge in [0.05, 0.1) is 24.5 Å². The predicted molar refractivity (Wildman–Crippen MR) is 134 cm³/mol. The second-order valence-corrected chi connectivity index (χ2v) is 9.16. The number of pyridine rings is 1. The van der Waals surface area contributed by atoms with Crippen molar-refractivity contribution in [1.29, 1.82) is 0 Å². The molecule has 170 valence electrons. The van der Waals surface area contributed by atoms with Crippen molar-refractivity contribution < 1.29 is 9.53 Å². The van der Waals surface area contributed by atoms with Crippen LogP contribution in [0.4, 0.5) is 11.4 Å². The summed E-state index contributed by atoms with van der Waals surface area (Å²) in [7, 11) is 1.66. The van der Waals surface area contributed by atoms with Gasteiger partial charge in [0.2, 0.25) is 5.91 Å². The molecule has 0 unspecified atom stereocenters. The molecule has 2 aromatic heterocycles. The lowest BCUT2D eigenvalue weighted by molar-refractivity contribution is -0.123. The molecule has 4 aromatic rings. The van der Waals surface area contributed by atoms with Crippen molar-refractivity contribution in [2.75, 3.05) is 17.7 Å². The van der Waals surface area contributed by atoms with Gasteiger partial charge >= 0.3 is 0 Å². The zero-order chi connectivity index (χ0) is 23.6. The van der Waals surface area contributed by atoms with Crippen molar-refractivity contribution in [3.05, 3.63) is 83.8 Å². The molecule has 2 aromatic carbocycles. The first-order chi connectivity index (χ1) is 15.8. The average molecular weight is 443 g/mol. The minimum absolute atomic E-state index is 0.0240. The van der Waals surface area contributed by atoms with Gasteiger partial charge in [-0.2, -0.15) is 0 Å². The number of carbonyl (C=O) groups excluding carboxylic acids is 1. The van der Waals surface area contributed by atoms with Gasteiger partial charge in [0.15, 0.2) is 0 Å². The Morgan fingerprint density at radius 2 is 1.82 bits per heavy atom. The molecule has 3 N–H and O–H groups in total. The van der Waals surface area contributed by atoms with Crippen LogP contribution in [0.15, 0.2) is 66.9 Å². The third-order valence-corrected chi connectivity index (χ3v) is 5.65. The molecule has 2 heterocycles. The second-order valence-electron chi connectivity index (χ2n) is 9.16. The summed E-state index contributed by atoms with van der Waals surface area (Å²) in [5.41, 5.74) is 5.15. The summed E-state index contributed by atoms with van der Waals surface area (Å²) in [5.74, 6) is 0.734. The van der Waals surface area contributed by atoms with Gasteiger partial charge in [-0.25, -0.2) is 0 Å². The lowest BCUT2D eigenvalue weighted by atomic mass is 9.95. The first-order valence-electron chi connectivity index (χ1n) is 11.0. The van der Waals surface area contributed by atoms with Gasteiger partial charge in [-0.1, -0.05) is 39.0 Å². The third kappa shape index (κ3) is 4.70. The number of rotatable bonds is 6. The molecular weight excluding hydrogens is 412 g/mol. The minimum Gasteiger partial charge on any atom is -0.495 e. The lowest BCUT2D eigenvalue weighted by Crippen LogP contribution is -2.27. The van der Waals surface area contributed by atoms with Gasteiger partial charge in [-0.05, 0) is 49.4 Å². The highest BCUT2D eigenvalue weighted by atomic mass is 16.5. The van der Waals surface area contributed by atoms with E-state index in [-0.39, 0.29) is 11.9 Å². The molecule has 0 saturated heterocycles. The maximum Gasteiger partial charge on any atom is 0.229 e. The zero-order valence-electron chi connectivity index (χ0n) is 19.7. The maximum atomic E-state index is 12.6. The lowest BCUT2D eigenvalue weighted by Gasteiger charge is -2.22. The van der Waals surface area contributed by atoms with E-state index in [1.165, 1.54) is 0 Å². The number of H-pyrrole nitrogens is 1. The quantitative estimate of drug-likeness (QED) is 0.339. The van der Waals surface area contributed by atoms with Crippen molar-refractivity contribution >= 4 is 28.2 Å². The number of carbonyl (C=O) groups is 1. The van der Waals surface area contributed by atoms with Gasteiger partial charge in [-0.3, -0.25) is 9.78 Å². The Bertz CT molecular complexity index is 1270. The number of hydrogen-bond acceptors (Lipinski definition) is 4. The summed E-state index contributed by atoms with van der Waals surface area (Å²) in [5, 5.41) is 7.71. The topological polar surface area (TPSA) is 79.0 Å². The summed E-state index contributed by atoms with van der Waals surface area (Å²) in [4.78, 5) is 20.7. The Balaban J connectivity index is 1.83. The summed E-state index contributed by atoms with van der Waals surface area (Å²) in [6, 6.07) is 19.5. The Labute approximate surface area is 194 Å². The van der Waals surface area contributed by atoms with Crippen LogP contribution in [-0.4, -0.2) is 23.0 Å². The number of nitrogens with one attached hydrogen (secondary N) is 3. The number of benzene rings is 2. The fourth-order valence-electron chi connectivity index (χ4n) is 3.88. The van der Waals surface area contributed by atoms with Crippen molar-refractivity contribution in [2.24, 2.45) is 5.41 Å². The monoisotopic (exact) mass is 442 g/mol. The fraction of sp³-hybridized carbons (Fsp3) is 0.259. The van der Waals surface area contributed by atoms with E-state index in [1.807, 2.05) is 81.4 Å². The van der Waals surface area contributed by atoms with E-state index in [2.05, 4.69) is 27.5 Å². The Hall–Kier alpha value is -3.80. The van der Waals surface area contributed by atoms with E-state index < -0.39 is 5.41 Å². The third-order valence-electron chi connectivity index (χ3n) is 5.65. The van der Waals surface area contributed by atoms with Gasteiger partial charge < -0.3 is 20.4 Å². The average Bonchev–Trinajstić information content (AvgIpc) is 3.12. The van der Waals surface area contributed by atoms with Crippen LogP contribution in [-0.2, 0) is 4.79 Å². The number of anilines is 2. The number of aromatic amines is 1. The highest BCUT2D eigenvalue weighted by molar-refractivity contribution is 5.97. The Kier molecular flexibility index (Phi) is 6.09. The van der Waals surface area contributed by atoms with E-state index >= 15 is 0 Å². The number of fused-ring (bicyclic) bond motifs is 1. The van der Waals surface area contributed by atoms with E-state index in [1.54, 1.807) is 13.3 Å². The van der Waals surface area contributed by atoms with Crippen molar-refractivity contribution in [1.82, 2.24) is 9.97 Å². The van der Waals surface area contributed by atoms with Crippen molar-refractivity contribution in [3.8, 4) is 5.75 Å². The molecular formula is C27H30N4O2. The molecule has 0 fully saturated rings. The highest BCUT2D eigenvalue weighted by Crippen LogP contribution is 2.37. The molecule has 4 rings (SSSR count). The van der Waals surface area contributed by atoms with E-state index in [0.29, 0.717) is 0 Å². The van der Waals surface area contributed by atoms with Crippen LogP contribution >= 0.6 is 0 Å². The molecule has 6 heteroatoms. The zero-order valence-corrected chi connectivity index (χ0v) is 19.7. The Morgan fingerprint density at radius 1 is 1.06 bits per heavy atom. The first kappa shape index (κ1) is 22.4. The SMILES string of the molecule is COc1ccccc1N[C@H](c1ccccn1)c1c(C)[nH]c2ccc(NC(=O)C(C)(C)C)cc12. The number of aryl methyl sites for hydroxylation is 1. The van der Waals surface area contributed by atoms with E-state index in [0.717, 1.165) is 45.0 Å². The van der Waals surface area contributed by atoms with Gasteiger partial charge in [0.1, 0.15) is 5.75 Å². The fourth-order valence-corrected chi connectivity index (χ4v) is 3.88. The van der Waals surface area contributed by atoms with Crippen LogP contribution in [0.5, 0.6) is 5.75 Å². The number of ether oxygens (including phenoxy) is 1. The van der Waals surface area contributed by atoms with Gasteiger partial charge in [0, 0.05) is 39.5 Å². The standard InChI is InChI=1S/C27H30N4O2/c1-17-24(19-16-18(13-14-20(19)29-17)30-26(32)27(2,3)4)25(22-11-8-9-15-28-22)31-21-10-6-7-12-23(21)33-5/h6-16,25,29,31H,1-5H3,(H,30,32)/t25-/m1/s1. The van der Waals surface area contributed by atoms with Crippen LogP contribution in [0.25, 0.3) is 10.9 Å². The summed E-state index contributed by atoms with van der Waals surface area (Å²) < 4.78 is 5.57. The van der Waals surface area contributed by atoms with E-state index in [4.69, 9.17) is 4.74 Å². The molecule has 0 aliphatic heterocycles. The minimum atomic E-state index is -0.478. The predicted octanol–water partition coefficient (Wildman–Crippen LogP) is 6.07. The Morgan fingerprint density at radius 3 is 2.52 bits per heavy atom. The summed E-state index contributed by atoms with van der Waals surface area (Å²) in [6.45, 7) is 7.77. The molecule has 33 heavy (non-hydrogen) atoms. The van der Waals surface area contributed by atoms with Gasteiger partial charge in [0.25, 0.3) is 0 Å². The molecule has 0 spiro atoms. The van der Waals surface area contributed by atoms with Crippen molar-refractivity contribution in [2.45, 2.75) is 33.7 Å². The number of aromatic nitrogens is 2. The maximum absolute atomic E-state index is 12.6. The largest absolute Gasteiger partial charge is 0.495 e. The normalized spacial score (nSPS) is 12.4. The molecule has 0 bridgehead atoms. The van der Waals surface area contributed by atoms with Crippen LogP contribution in [0.2, 0.25) is 0 Å². The number of methoxy groups -OCH3 is 1. The molecule has 0 aliphatic carbocycles. The molecule has 1 atom stereocenters. The van der Waals surface area contributed by atoms with E-state index in [9.17, 15) is 4.79 Å². The summed E-state index contributed by atoms with van der Waals surface area (Å²) in [6.07, 6.45) is 1.80. The molecule has 0 aliphatic rings. The van der Waals surface area contributed by atoms with Crippen LogP contribution in [0.3, 0.4) is 0 Å². The first-order valence-corrected chi connectivity index (χ1v) is 11.0. The number of hydrogen-bond donors (Lipinski definition) is 3. The highest BCUT2D eigenvalue weighted by Gasteiger charge is 2.25. The number of nitrogens with zero attached hydrogens (tertiary/aromatic N) is 1. The van der Waals surface area contributed by atoms with Crippen LogP contribution in [0, 0.1) is 12.3 Å².